The van der Waals surface area contributed by atoms with E-state index in [2.05, 4.69) is 0 Å². The molecule has 0 bridgehead atoms. The van der Waals surface area contributed by atoms with Gasteiger partial charge in [0.1, 0.15) is 0 Å². The molecule has 184 valence electrons. The van der Waals surface area contributed by atoms with Crippen molar-refractivity contribution in [1.29, 1.82) is 0 Å². The molecule has 0 unspecified atom stereocenters. The molecule has 10 heteroatoms. The van der Waals surface area contributed by atoms with Gasteiger partial charge in [-0.1, -0.05) is 57.8 Å². The highest BCUT2D eigenvalue weighted by molar-refractivity contribution is 6.02. The SMILES string of the molecule is O=C(CCCCCCCCCCCCCC(=O)ON1C(=O)CCC1=O)ON1C(=O)CCC1=O. The Kier molecular flexibility index (Phi) is 11.5. The zero-order chi connectivity index (χ0) is 24.1. The lowest BCUT2D eigenvalue weighted by Crippen LogP contribution is -2.31. The number of hydrogen-bond acceptors (Lipinski definition) is 8. The smallest absolute Gasteiger partial charge is 0.330 e. The normalized spacial score (nSPS) is 16.1. The van der Waals surface area contributed by atoms with Crippen LogP contribution in [0.25, 0.3) is 0 Å². The summed E-state index contributed by atoms with van der Waals surface area (Å²) in [5.74, 6) is -2.89. The minimum absolute atomic E-state index is 0.103. The van der Waals surface area contributed by atoms with Crippen LogP contribution in [0.3, 0.4) is 0 Å². The molecule has 33 heavy (non-hydrogen) atoms. The first-order chi connectivity index (χ1) is 15.9. The maximum Gasteiger partial charge on any atom is 0.333 e. The predicted molar refractivity (Wildman–Crippen MR) is 114 cm³/mol. The molecule has 0 atom stereocenters. The van der Waals surface area contributed by atoms with Gasteiger partial charge in [-0.2, -0.15) is 0 Å². The van der Waals surface area contributed by atoms with Gasteiger partial charge >= 0.3 is 11.9 Å². The van der Waals surface area contributed by atoms with Crippen molar-refractivity contribution in [3.63, 3.8) is 0 Å². The maximum atomic E-state index is 11.7. The van der Waals surface area contributed by atoms with E-state index in [4.69, 9.17) is 9.68 Å². The molecular formula is C23H34N2O8. The molecule has 4 amide bonds. The van der Waals surface area contributed by atoms with Crippen LogP contribution in [0.5, 0.6) is 0 Å². The number of imide groups is 2. The topological polar surface area (TPSA) is 127 Å². The Morgan fingerprint density at radius 2 is 0.727 bits per heavy atom. The Bertz CT molecular complexity index is 644. The van der Waals surface area contributed by atoms with Crippen LogP contribution < -0.4 is 0 Å². The van der Waals surface area contributed by atoms with Gasteiger partial charge in [-0.25, -0.2) is 9.59 Å². The molecule has 0 N–H and O–H groups in total. The monoisotopic (exact) mass is 466 g/mol. The van der Waals surface area contributed by atoms with Gasteiger partial charge in [-0.3, -0.25) is 19.2 Å². The average Bonchev–Trinajstić information content (AvgIpc) is 3.27. The largest absolute Gasteiger partial charge is 0.333 e. The molecule has 0 aromatic rings. The maximum absolute atomic E-state index is 11.7. The molecule has 10 nitrogen and oxygen atoms in total. The van der Waals surface area contributed by atoms with Crippen molar-refractivity contribution < 1.29 is 38.4 Å². The zero-order valence-corrected chi connectivity index (χ0v) is 19.2. The summed E-state index contributed by atoms with van der Waals surface area (Å²) < 4.78 is 0. The molecule has 0 aromatic heterocycles. The Balaban J connectivity index is 1.33. The molecule has 2 aliphatic rings. The summed E-state index contributed by atoms with van der Waals surface area (Å²) in [6, 6.07) is 0. The molecule has 2 rings (SSSR count). The molecule has 0 spiro atoms. The number of amides is 4. The third-order valence-corrected chi connectivity index (χ3v) is 5.66. The quantitative estimate of drug-likeness (QED) is 0.250. The Hall–Kier alpha value is -2.78. The van der Waals surface area contributed by atoms with Crippen molar-refractivity contribution in [3.8, 4) is 0 Å². The van der Waals surface area contributed by atoms with Gasteiger partial charge in [0.05, 0.1) is 0 Å². The van der Waals surface area contributed by atoms with Crippen LogP contribution >= 0.6 is 0 Å². The van der Waals surface area contributed by atoms with Gasteiger partial charge < -0.3 is 9.68 Å². The third kappa shape index (κ3) is 9.71. The second-order valence-electron chi connectivity index (χ2n) is 8.48. The number of carbonyl (C=O) groups is 6. The first-order valence-electron chi connectivity index (χ1n) is 12.0. The van der Waals surface area contributed by atoms with Crippen LogP contribution in [-0.4, -0.2) is 45.7 Å². The molecule has 2 aliphatic heterocycles. The Morgan fingerprint density at radius 3 is 1.00 bits per heavy atom. The standard InChI is InChI=1S/C23H34N2O8/c26-18-14-15-19(27)24(18)32-22(30)12-10-8-6-4-2-1-3-5-7-9-11-13-23(31)33-25-20(28)16-17-21(25)29/h1-17H2. The summed E-state index contributed by atoms with van der Waals surface area (Å²) >= 11 is 0. The summed E-state index contributed by atoms with van der Waals surface area (Å²) in [6.07, 6.45) is 11.6. The van der Waals surface area contributed by atoms with Gasteiger partial charge in [0, 0.05) is 38.5 Å². The molecule has 2 fully saturated rings. The molecule has 0 saturated carbocycles. The number of rotatable bonds is 16. The molecule has 2 heterocycles. The van der Waals surface area contributed by atoms with Crippen molar-refractivity contribution in [3.05, 3.63) is 0 Å². The van der Waals surface area contributed by atoms with Crippen molar-refractivity contribution in [2.75, 3.05) is 0 Å². The van der Waals surface area contributed by atoms with E-state index < -0.39 is 35.6 Å². The minimum atomic E-state index is -0.537. The van der Waals surface area contributed by atoms with Crippen molar-refractivity contribution in [2.45, 2.75) is 109 Å². The lowest BCUT2D eigenvalue weighted by atomic mass is 10.0. The fourth-order valence-corrected chi connectivity index (χ4v) is 3.74. The van der Waals surface area contributed by atoms with Gasteiger partial charge in [0.15, 0.2) is 0 Å². The van der Waals surface area contributed by atoms with Gasteiger partial charge in [0.25, 0.3) is 23.6 Å². The predicted octanol–water partition coefficient (Wildman–Crippen LogP) is 3.27. The summed E-state index contributed by atoms with van der Waals surface area (Å²) in [4.78, 5) is 78.6. The van der Waals surface area contributed by atoms with Crippen LogP contribution in [0.15, 0.2) is 0 Å². The van der Waals surface area contributed by atoms with E-state index in [0.29, 0.717) is 23.0 Å². The van der Waals surface area contributed by atoms with Crippen LogP contribution in [-0.2, 0) is 38.4 Å². The number of unbranched alkanes of at least 4 members (excludes halogenated alkanes) is 10. The molecule has 2 saturated heterocycles. The van der Waals surface area contributed by atoms with E-state index in [1.807, 2.05) is 0 Å². The van der Waals surface area contributed by atoms with Crippen molar-refractivity contribution >= 4 is 35.6 Å². The van der Waals surface area contributed by atoms with E-state index in [1.165, 1.54) is 0 Å². The highest BCUT2D eigenvalue weighted by Crippen LogP contribution is 2.16. The van der Waals surface area contributed by atoms with E-state index in [0.717, 1.165) is 57.8 Å². The average molecular weight is 467 g/mol. The second-order valence-corrected chi connectivity index (χ2v) is 8.48. The van der Waals surface area contributed by atoms with Crippen molar-refractivity contribution in [2.24, 2.45) is 0 Å². The Labute approximate surface area is 193 Å². The van der Waals surface area contributed by atoms with Gasteiger partial charge in [-0.05, 0) is 12.8 Å². The summed E-state index contributed by atoms with van der Waals surface area (Å²) in [5.41, 5.74) is 0. The molecule has 0 radical (unpaired) electrons. The summed E-state index contributed by atoms with van der Waals surface area (Å²) in [7, 11) is 0. The van der Waals surface area contributed by atoms with Crippen LogP contribution in [0.2, 0.25) is 0 Å². The number of nitrogens with zero attached hydrogens (tertiary/aromatic N) is 2. The molecular weight excluding hydrogens is 432 g/mol. The van der Waals surface area contributed by atoms with E-state index in [-0.39, 0.29) is 38.5 Å². The van der Waals surface area contributed by atoms with E-state index in [1.54, 1.807) is 0 Å². The third-order valence-electron chi connectivity index (χ3n) is 5.66. The van der Waals surface area contributed by atoms with Crippen LogP contribution in [0.1, 0.15) is 109 Å². The second kappa shape index (κ2) is 14.4. The lowest BCUT2D eigenvalue weighted by molar-refractivity contribution is -0.197. The van der Waals surface area contributed by atoms with Gasteiger partial charge in [-0.15, -0.1) is 10.1 Å². The first-order valence-corrected chi connectivity index (χ1v) is 12.0. The lowest BCUT2D eigenvalue weighted by Gasteiger charge is -2.12. The molecule has 0 aliphatic carbocycles. The van der Waals surface area contributed by atoms with Crippen molar-refractivity contribution in [1.82, 2.24) is 10.1 Å². The zero-order valence-electron chi connectivity index (χ0n) is 19.2. The number of carbonyl (C=O) groups excluding carboxylic acids is 6. The summed E-state index contributed by atoms with van der Waals surface area (Å²) in [5, 5.41) is 1.18. The van der Waals surface area contributed by atoms with E-state index in [9.17, 15) is 28.8 Å². The Morgan fingerprint density at radius 1 is 0.485 bits per heavy atom. The van der Waals surface area contributed by atoms with Gasteiger partial charge in [0.2, 0.25) is 0 Å². The highest BCUT2D eigenvalue weighted by Gasteiger charge is 2.33. The van der Waals surface area contributed by atoms with Crippen LogP contribution in [0, 0.1) is 0 Å². The number of hydrogen-bond donors (Lipinski definition) is 0. The highest BCUT2D eigenvalue weighted by atomic mass is 16.7. The fourth-order valence-electron chi connectivity index (χ4n) is 3.74. The fraction of sp³-hybridized carbons (Fsp3) is 0.739. The van der Waals surface area contributed by atoms with Crippen LogP contribution in [0.4, 0.5) is 0 Å². The molecule has 0 aromatic carbocycles. The summed E-state index contributed by atoms with van der Waals surface area (Å²) in [6.45, 7) is 0. The van der Waals surface area contributed by atoms with E-state index >= 15 is 0 Å². The first kappa shape index (κ1) is 26.5. The minimum Gasteiger partial charge on any atom is -0.330 e. The number of hydroxylamine groups is 4.